The van der Waals surface area contributed by atoms with E-state index in [4.69, 9.17) is 5.26 Å². The highest BCUT2D eigenvalue weighted by molar-refractivity contribution is 7.09. The van der Waals surface area contributed by atoms with E-state index in [9.17, 15) is 0 Å². The topological polar surface area (TPSA) is 87.4 Å². The smallest absolute Gasteiger partial charge is 0.208 e. The third-order valence-corrected chi connectivity index (χ3v) is 2.25. The molecule has 0 aliphatic rings. The van der Waals surface area contributed by atoms with E-state index in [1.54, 1.807) is 0 Å². The first-order chi connectivity index (χ1) is 7.28. The molecule has 2 aromatic heterocycles. The van der Waals surface area contributed by atoms with Crippen molar-refractivity contribution in [3.8, 4) is 6.07 Å². The summed E-state index contributed by atoms with van der Waals surface area (Å²) in [4.78, 5) is 12.0. The van der Waals surface area contributed by atoms with Crippen molar-refractivity contribution in [2.75, 3.05) is 5.32 Å². The fraction of sp³-hybridized carbons (Fsp3) is 0.125. The first-order valence-electron chi connectivity index (χ1n) is 4.07. The SMILES string of the molecule is Cc1nsc(Nc2cnc(C#N)cn2)n1. The lowest BCUT2D eigenvalue weighted by molar-refractivity contribution is 1.14. The maximum Gasteiger partial charge on any atom is 0.208 e. The van der Waals surface area contributed by atoms with Gasteiger partial charge in [-0.25, -0.2) is 15.0 Å². The Labute approximate surface area is 89.8 Å². The molecule has 0 radical (unpaired) electrons. The van der Waals surface area contributed by atoms with Crippen LogP contribution in [0.4, 0.5) is 10.9 Å². The monoisotopic (exact) mass is 218 g/mol. The Morgan fingerprint density at radius 3 is 2.80 bits per heavy atom. The van der Waals surface area contributed by atoms with Crippen molar-refractivity contribution < 1.29 is 0 Å². The predicted molar refractivity (Wildman–Crippen MR) is 54.7 cm³/mol. The van der Waals surface area contributed by atoms with Gasteiger partial charge >= 0.3 is 0 Å². The molecule has 2 aromatic rings. The molecule has 74 valence electrons. The molecule has 15 heavy (non-hydrogen) atoms. The fourth-order valence-corrected chi connectivity index (χ4v) is 1.49. The molecule has 6 nitrogen and oxygen atoms in total. The van der Waals surface area contributed by atoms with Gasteiger partial charge in [0, 0.05) is 11.5 Å². The van der Waals surface area contributed by atoms with Gasteiger partial charge in [-0.1, -0.05) is 0 Å². The van der Waals surface area contributed by atoms with Crippen molar-refractivity contribution in [2.45, 2.75) is 6.92 Å². The van der Waals surface area contributed by atoms with E-state index in [0.29, 0.717) is 16.8 Å². The van der Waals surface area contributed by atoms with E-state index in [2.05, 4.69) is 24.6 Å². The van der Waals surface area contributed by atoms with Gasteiger partial charge in [-0.3, -0.25) is 0 Å². The lowest BCUT2D eigenvalue weighted by Gasteiger charge is -1.98. The maximum atomic E-state index is 8.53. The molecule has 2 heterocycles. The number of nitrogens with zero attached hydrogens (tertiary/aromatic N) is 5. The number of rotatable bonds is 2. The average molecular weight is 218 g/mol. The Balaban J connectivity index is 2.15. The van der Waals surface area contributed by atoms with Crippen molar-refractivity contribution in [3.63, 3.8) is 0 Å². The summed E-state index contributed by atoms with van der Waals surface area (Å²) in [7, 11) is 0. The van der Waals surface area contributed by atoms with Gasteiger partial charge in [-0.05, 0) is 6.92 Å². The fourth-order valence-electron chi connectivity index (χ4n) is 0.908. The molecule has 7 heteroatoms. The Kier molecular flexibility index (Phi) is 2.51. The third-order valence-electron chi connectivity index (χ3n) is 1.53. The van der Waals surface area contributed by atoms with E-state index in [1.807, 2.05) is 13.0 Å². The van der Waals surface area contributed by atoms with Gasteiger partial charge in [0.05, 0.1) is 12.4 Å². The van der Waals surface area contributed by atoms with Crippen LogP contribution in [0.1, 0.15) is 11.5 Å². The highest BCUT2D eigenvalue weighted by atomic mass is 32.1. The van der Waals surface area contributed by atoms with Crippen LogP contribution in [-0.2, 0) is 0 Å². The number of nitrogens with one attached hydrogen (secondary N) is 1. The van der Waals surface area contributed by atoms with Crippen LogP contribution in [0, 0.1) is 18.3 Å². The van der Waals surface area contributed by atoms with Crippen LogP contribution in [-0.4, -0.2) is 19.3 Å². The lowest BCUT2D eigenvalue weighted by Crippen LogP contribution is -1.95. The second kappa shape index (κ2) is 3.98. The Morgan fingerprint density at radius 1 is 1.40 bits per heavy atom. The average Bonchev–Trinajstić information content (AvgIpc) is 2.65. The van der Waals surface area contributed by atoms with Crippen LogP contribution in [0.15, 0.2) is 12.4 Å². The molecule has 0 spiro atoms. The zero-order chi connectivity index (χ0) is 10.7. The molecule has 0 aliphatic heterocycles. The summed E-state index contributed by atoms with van der Waals surface area (Å²) in [5.41, 5.74) is 0.286. The number of nitriles is 1. The van der Waals surface area contributed by atoms with Crippen molar-refractivity contribution >= 4 is 22.5 Å². The van der Waals surface area contributed by atoms with Crippen molar-refractivity contribution in [2.24, 2.45) is 0 Å². The standard InChI is InChI=1S/C8H6N6S/c1-5-12-8(15-14-5)13-7-4-10-6(2-9)3-11-7/h3-4H,1H3,(H,11,12,13,14). The van der Waals surface area contributed by atoms with Gasteiger partial charge in [0.1, 0.15) is 11.9 Å². The lowest BCUT2D eigenvalue weighted by atomic mass is 10.5. The molecule has 0 aliphatic carbocycles. The number of hydrogen-bond donors (Lipinski definition) is 1. The van der Waals surface area contributed by atoms with Crippen molar-refractivity contribution in [1.82, 2.24) is 19.3 Å². The third kappa shape index (κ3) is 2.24. The molecule has 0 bridgehead atoms. The second-order valence-corrected chi connectivity index (χ2v) is 3.42. The minimum atomic E-state index is 0.286. The van der Waals surface area contributed by atoms with Gasteiger partial charge < -0.3 is 5.32 Å². The summed E-state index contributed by atoms with van der Waals surface area (Å²) in [6, 6.07) is 1.90. The number of aryl methyl sites for hydroxylation is 1. The zero-order valence-electron chi connectivity index (χ0n) is 7.80. The Morgan fingerprint density at radius 2 is 2.27 bits per heavy atom. The van der Waals surface area contributed by atoms with Crippen LogP contribution in [0.2, 0.25) is 0 Å². The molecule has 0 atom stereocenters. The molecule has 0 saturated carbocycles. The van der Waals surface area contributed by atoms with Gasteiger partial charge in [-0.2, -0.15) is 9.64 Å². The molecule has 1 N–H and O–H groups in total. The zero-order valence-corrected chi connectivity index (χ0v) is 8.62. The molecular weight excluding hydrogens is 212 g/mol. The van der Waals surface area contributed by atoms with E-state index >= 15 is 0 Å². The van der Waals surface area contributed by atoms with Crippen LogP contribution in [0.3, 0.4) is 0 Å². The maximum absolute atomic E-state index is 8.53. The first kappa shape index (κ1) is 9.48. The summed E-state index contributed by atoms with van der Waals surface area (Å²) in [5.74, 6) is 1.26. The summed E-state index contributed by atoms with van der Waals surface area (Å²) in [6.07, 6.45) is 2.88. The van der Waals surface area contributed by atoms with E-state index in [1.165, 1.54) is 23.9 Å². The van der Waals surface area contributed by atoms with E-state index in [0.717, 1.165) is 0 Å². The quantitative estimate of drug-likeness (QED) is 0.816. The van der Waals surface area contributed by atoms with Gasteiger partial charge in [0.2, 0.25) is 5.13 Å². The molecule has 0 fully saturated rings. The van der Waals surface area contributed by atoms with E-state index in [-0.39, 0.29) is 5.69 Å². The minimum absolute atomic E-state index is 0.286. The molecule has 2 rings (SSSR count). The Hall–Kier alpha value is -2.07. The van der Waals surface area contributed by atoms with Gasteiger partial charge in [-0.15, -0.1) is 0 Å². The number of anilines is 2. The first-order valence-corrected chi connectivity index (χ1v) is 4.85. The van der Waals surface area contributed by atoms with Crippen LogP contribution in [0.25, 0.3) is 0 Å². The van der Waals surface area contributed by atoms with Gasteiger partial charge in [0.25, 0.3) is 0 Å². The molecule has 0 unspecified atom stereocenters. The largest absolute Gasteiger partial charge is 0.314 e. The van der Waals surface area contributed by atoms with Crippen LogP contribution in [0.5, 0.6) is 0 Å². The van der Waals surface area contributed by atoms with Gasteiger partial charge in [0.15, 0.2) is 11.5 Å². The number of hydrogen-bond acceptors (Lipinski definition) is 7. The van der Waals surface area contributed by atoms with Crippen molar-refractivity contribution in [1.29, 1.82) is 5.26 Å². The highest BCUT2D eigenvalue weighted by Crippen LogP contribution is 2.15. The second-order valence-electron chi connectivity index (χ2n) is 2.67. The summed E-state index contributed by atoms with van der Waals surface area (Å²) in [6.45, 7) is 1.81. The molecule has 0 aromatic carbocycles. The number of aromatic nitrogens is 4. The minimum Gasteiger partial charge on any atom is -0.314 e. The predicted octanol–water partition coefficient (Wildman–Crippen LogP) is 1.25. The molecular formula is C8H6N6S. The molecule has 0 saturated heterocycles. The summed E-state index contributed by atoms with van der Waals surface area (Å²) >= 11 is 1.25. The van der Waals surface area contributed by atoms with Crippen molar-refractivity contribution in [3.05, 3.63) is 23.9 Å². The highest BCUT2D eigenvalue weighted by Gasteiger charge is 2.01. The summed E-state index contributed by atoms with van der Waals surface area (Å²) in [5, 5.41) is 12.1. The Bertz CT molecular complexity index is 497. The van der Waals surface area contributed by atoms with E-state index < -0.39 is 0 Å². The van der Waals surface area contributed by atoms with Crippen LogP contribution < -0.4 is 5.32 Å². The normalized spacial score (nSPS) is 9.60. The summed E-state index contributed by atoms with van der Waals surface area (Å²) < 4.78 is 4.01. The molecule has 0 amide bonds. The van der Waals surface area contributed by atoms with Crippen LogP contribution >= 0.6 is 11.5 Å².